The van der Waals surface area contributed by atoms with Crippen LogP contribution < -0.4 is 5.32 Å². The molecular formula is C16H16B3F3N4O. The summed E-state index contributed by atoms with van der Waals surface area (Å²) in [5.74, 6) is 0. The SMILES string of the molecule is [B]C([B])([B])n1cc([C@@H]2CC(O)(c3ccc(C(F)(F)F)cc3)C[C@H](C)N2)nn1. The largest absolute Gasteiger partial charge is 0.416 e. The topological polar surface area (TPSA) is 63.0 Å². The number of aromatic nitrogens is 3. The standard InChI is InChI=1S/C16H16B3F3N4O/c1-9-6-14(27,10-2-4-11(5-3-10)15(20,21)22)7-12(23-9)13-8-26(25-24-13)16(17,18)19/h2-5,8-9,12,23,27H,6-7H2,1H3/t9-,12-,14?/m0/s1. The molecule has 0 aliphatic carbocycles. The number of benzene rings is 1. The van der Waals surface area contributed by atoms with Gasteiger partial charge in [0.2, 0.25) is 0 Å². The summed E-state index contributed by atoms with van der Waals surface area (Å²) in [5, 5.41) is 20.5. The van der Waals surface area contributed by atoms with Crippen LogP contribution in [0.25, 0.3) is 0 Å². The third kappa shape index (κ3) is 4.24. The zero-order chi connectivity index (χ0) is 20.0. The first-order valence-electron chi connectivity index (χ1n) is 8.34. The lowest BCUT2D eigenvalue weighted by Crippen LogP contribution is -2.47. The molecule has 1 aromatic heterocycles. The Balaban J connectivity index is 1.86. The number of nitrogens with zero attached hydrogens (tertiary/aromatic N) is 3. The van der Waals surface area contributed by atoms with Crippen LogP contribution in [0.15, 0.2) is 30.5 Å². The third-order valence-electron chi connectivity index (χ3n) is 4.69. The summed E-state index contributed by atoms with van der Waals surface area (Å²) in [5.41, 5.74) is -1.21. The second kappa shape index (κ2) is 6.70. The van der Waals surface area contributed by atoms with Crippen molar-refractivity contribution in [3.8, 4) is 0 Å². The molecule has 2 aromatic rings. The van der Waals surface area contributed by atoms with Crippen molar-refractivity contribution in [2.24, 2.45) is 0 Å². The molecule has 1 aliphatic heterocycles. The fraction of sp³-hybridized carbons (Fsp3) is 0.500. The Kier molecular flexibility index (Phi) is 4.97. The lowest BCUT2D eigenvalue weighted by Gasteiger charge is -2.41. The maximum Gasteiger partial charge on any atom is 0.416 e. The highest BCUT2D eigenvalue weighted by Crippen LogP contribution is 2.40. The molecule has 0 spiro atoms. The Morgan fingerprint density at radius 3 is 2.33 bits per heavy atom. The number of hydrogen-bond acceptors (Lipinski definition) is 4. The molecule has 0 amide bonds. The number of halogens is 3. The normalized spacial score (nSPS) is 26.9. The Morgan fingerprint density at radius 1 is 1.19 bits per heavy atom. The Morgan fingerprint density at radius 2 is 1.81 bits per heavy atom. The van der Waals surface area contributed by atoms with Crippen LogP contribution in [0.1, 0.15) is 42.6 Å². The predicted octanol–water partition coefficient (Wildman–Crippen LogP) is 1.07. The first-order chi connectivity index (χ1) is 12.4. The van der Waals surface area contributed by atoms with Crippen LogP contribution in [-0.2, 0) is 17.0 Å². The van der Waals surface area contributed by atoms with E-state index in [4.69, 9.17) is 23.5 Å². The molecule has 11 heteroatoms. The summed E-state index contributed by atoms with van der Waals surface area (Å²) < 4.78 is 39.4. The molecule has 27 heavy (non-hydrogen) atoms. The molecule has 1 fully saturated rings. The average molecular weight is 370 g/mol. The van der Waals surface area contributed by atoms with Gasteiger partial charge in [0.25, 0.3) is 0 Å². The van der Waals surface area contributed by atoms with E-state index in [2.05, 4.69) is 15.6 Å². The Bertz CT molecular complexity index is 806. The lowest BCUT2D eigenvalue weighted by atomic mass is 9.49. The minimum atomic E-state index is -4.43. The predicted molar refractivity (Wildman–Crippen MR) is 95.2 cm³/mol. The van der Waals surface area contributed by atoms with Gasteiger partial charge in [-0.25, -0.2) is 0 Å². The van der Waals surface area contributed by atoms with Crippen LogP contribution in [0, 0.1) is 0 Å². The van der Waals surface area contributed by atoms with Gasteiger partial charge in [-0.3, -0.25) is 4.68 Å². The zero-order valence-electron chi connectivity index (χ0n) is 14.6. The van der Waals surface area contributed by atoms with Crippen molar-refractivity contribution >= 4 is 23.5 Å². The van der Waals surface area contributed by atoms with Gasteiger partial charge < -0.3 is 10.4 Å². The average Bonchev–Trinajstić information content (AvgIpc) is 3.04. The fourth-order valence-electron chi connectivity index (χ4n) is 3.41. The van der Waals surface area contributed by atoms with Gasteiger partial charge in [0.05, 0.1) is 46.4 Å². The second-order valence-corrected chi connectivity index (χ2v) is 7.11. The van der Waals surface area contributed by atoms with E-state index in [0.29, 0.717) is 17.7 Å². The quantitative estimate of drug-likeness (QED) is 0.795. The molecule has 1 aromatic carbocycles. The lowest BCUT2D eigenvalue weighted by molar-refractivity contribution is -0.137. The van der Waals surface area contributed by atoms with Crippen molar-refractivity contribution in [1.82, 2.24) is 20.3 Å². The summed E-state index contributed by atoms with van der Waals surface area (Å²) >= 11 is 0. The van der Waals surface area contributed by atoms with E-state index in [1.807, 2.05) is 6.92 Å². The third-order valence-corrected chi connectivity index (χ3v) is 4.69. The molecular weight excluding hydrogens is 354 g/mol. The van der Waals surface area contributed by atoms with Crippen LogP contribution in [0.3, 0.4) is 0 Å². The Hall–Kier alpha value is -1.74. The van der Waals surface area contributed by atoms with E-state index in [9.17, 15) is 18.3 Å². The first-order valence-corrected chi connectivity index (χ1v) is 8.34. The Labute approximate surface area is 158 Å². The van der Waals surface area contributed by atoms with Crippen molar-refractivity contribution in [2.45, 2.75) is 48.9 Å². The van der Waals surface area contributed by atoms with Crippen molar-refractivity contribution in [3.05, 3.63) is 47.3 Å². The van der Waals surface area contributed by atoms with E-state index in [1.165, 1.54) is 18.3 Å². The highest BCUT2D eigenvalue weighted by atomic mass is 19.4. The van der Waals surface area contributed by atoms with Gasteiger partial charge in [-0.05, 0) is 36.3 Å². The minimum Gasteiger partial charge on any atom is -0.385 e. The van der Waals surface area contributed by atoms with Gasteiger partial charge >= 0.3 is 6.18 Å². The van der Waals surface area contributed by atoms with Gasteiger partial charge in [-0.1, -0.05) is 17.3 Å². The second-order valence-electron chi connectivity index (χ2n) is 7.11. The summed E-state index contributed by atoms with van der Waals surface area (Å²) in [6.07, 6.45) is -2.43. The van der Waals surface area contributed by atoms with E-state index in [1.54, 1.807) is 0 Å². The first kappa shape index (κ1) is 20.0. The molecule has 1 unspecified atom stereocenters. The summed E-state index contributed by atoms with van der Waals surface area (Å²) in [4.78, 5) is 0. The maximum atomic E-state index is 12.8. The fourth-order valence-corrected chi connectivity index (χ4v) is 3.41. The molecule has 1 aliphatic rings. The molecule has 5 nitrogen and oxygen atoms in total. The summed E-state index contributed by atoms with van der Waals surface area (Å²) in [7, 11) is 16.7. The van der Waals surface area contributed by atoms with Crippen LogP contribution in [0.5, 0.6) is 0 Å². The van der Waals surface area contributed by atoms with E-state index in [0.717, 1.165) is 16.8 Å². The highest BCUT2D eigenvalue weighted by Gasteiger charge is 2.41. The molecule has 3 atom stereocenters. The molecule has 0 bridgehead atoms. The van der Waals surface area contributed by atoms with Crippen molar-refractivity contribution in [2.75, 3.05) is 0 Å². The van der Waals surface area contributed by atoms with Crippen LogP contribution >= 0.6 is 0 Å². The van der Waals surface area contributed by atoms with Crippen LogP contribution in [-0.4, -0.2) is 49.7 Å². The number of rotatable bonds is 3. The molecule has 2 N–H and O–H groups in total. The molecule has 136 valence electrons. The van der Waals surface area contributed by atoms with Crippen molar-refractivity contribution < 1.29 is 18.3 Å². The molecule has 2 heterocycles. The number of hydrogen-bond donors (Lipinski definition) is 2. The minimum absolute atomic E-state index is 0.125. The maximum absolute atomic E-state index is 12.8. The smallest absolute Gasteiger partial charge is 0.385 e. The van der Waals surface area contributed by atoms with Gasteiger partial charge in [-0.15, -0.1) is 5.10 Å². The number of alkyl halides is 3. The van der Waals surface area contributed by atoms with Crippen LogP contribution in [0.2, 0.25) is 0 Å². The monoisotopic (exact) mass is 370 g/mol. The highest BCUT2D eigenvalue weighted by molar-refractivity contribution is 6.56. The zero-order valence-corrected chi connectivity index (χ0v) is 14.6. The van der Waals surface area contributed by atoms with Crippen LogP contribution in [0.4, 0.5) is 13.2 Å². The van der Waals surface area contributed by atoms with Crippen molar-refractivity contribution in [3.63, 3.8) is 0 Å². The number of aliphatic hydroxyl groups is 1. The van der Waals surface area contributed by atoms with E-state index >= 15 is 0 Å². The van der Waals surface area contributed by atoms with E-state index < -0.39 is 28.6 Å². The molecule has 3 rings (SSSR count). The van der Waals surface area contributed by atoms with Gasteiger partial charge in [0.1, 0.15) is 0 Å². The van der Waals surface area contributed by atoms with Gasteiger partial charge in [-0.2, -0.15) is 13.2 Å². The van der Waals surface area contributed by atoms with E-state index in [-0.39, 0.29) is 12.5 Å². The van der Waals surface area contributed by atoms with Gasteiger partial charge in [0.15, 0.2) is 0 Å². The number of nitrogens with one attached hydrogen (secondary N) is 1. The molecule has 6 radical (unpaired) electrons. The van der Waals surface area contributed by atoms with Crippen molar-refractivity contribution in [1.29, 1.82) is 0 Å². The number of piperidine rings is 1. The summed E-state index contributed by atoms with van der Waals surface area (Å²) in [6.45, 7) is 1.87. The molecule has 1 saturated heterocycles. The molecule has 0 saturated carbocycles. The summed E-state index contributed by atoms with van der Waals surface area (Å²) in [6, 6.07) is 4.02. The van der Waals surface area contributed by atoms with Gasteiger partial charge in [0, 0.05) is 18.7 Å².